The number of unbranched alkanes of at least 4 members (excludes halogenated alkanes) is 3. The van der Waals surface area contributed by atoms with Gasteiger partial charge in [-0.3, -0.25) is 18.2 Å². The van der Waals surface area contributed by atoms with Crippen molar-refractivity contribution in [1.29, 1.82) is 0 Å². The zero-order chi connectivity index (χ0) is 40.9. The highest BCUT2D eigenvalue weighted by atomic mass is 32.2. The van der Waals surface area contributed by atoms with E-state index >= 15 is 0 Å². The first-order valence-corrected chi connectivity index (χ1v) is 20.8. The average molecular weight is 811 g/mol. The van der Waals surface area contributed by atoms with Crippen LogP contribution in [-0.2, 0) is 29.6 Å². The Hall–Kier alpha value is -5.48. The number of ether oxygens (including phenoxy) is 4. The van der Waals surface area contributed by atoms with Crippen molar-refractivity contribution in [2.24, 2.45) is 0 Å². The first kappa shape index (κ1) is 43.3. The van der Waals surface area contributed by atoms with Crippen molar-refractivity contribution in [2.75, 3.05) is 63.2 Å². The Bertz CT molecular complexity index is 2010. The molecule has 16 heteroatoms. The number of benzene rings is 4. The Labute approximate surface area is 329 Å². The van der Waals surface area contributed by atoms with Crippen LogP contribution in [0.1, 0.15) is 36.8 Å². The highest BCUT2D eigenvalue weighted by Gasteiger charge is 2.30. The Morgan fingerprint density at radius 3 is 1.16 bits per heavy atom. The fourth-order valence-electron chi connectivity index (χ4n) is 5.69. The van der Waals surface area contributed by atoms with E-state index in [0.717, 1.165) is 32.6 Å². The van der Waals surface area contributed by atoms with Gasteiger partial charge in [0.15, 0.2) is 23.0 Å². The van der Waals surface area contributed by atoms with Gasteiger partial charge in [-0.25, -0.2) is 16.8 Å². The molecule has 0 heterocycles. The number of aryl methyl sites for hydroxylation is 2. The smallest absolute Gasteiger partial charge is 0.264 e. The van der Waals surface area contributed by atoms with Gasteiger partial charge in [-0.1, -0.05) is 48.2 Å². The quantitative estimate of drug-likeness (QED) is 0.106. The molecule has 0 bridgehead atoms. The zero-order valence-electron chi connectivity index (χ0n) is 32.5. The van der Waals surface area contributed by atoms with Gasteiger partial charge >= 0.3 is 0 Å². The van der Waals surface area contributed by atoms with E-state index in [1.54, 1.807) is 48.5 Å². The minimum atomic E-state index is -4.17. The van der Waals surface area contributed by atoms with Gasteiger partial charge < -0.3 is 29.6 Å². The van der Waals surface area contributed by atoms with E-state index < -0.39 is 45.0 Å². The molecule has 0 atom stereocenters. The average Bonchev–Trinajstić information content (AvgIpc) is 3.20. The van der Waals surface area contributed by atoms with Crippen molar-refractivity contribution in [1.82, 2.24) is 10.6 Å². The van der Waals surface area contributed by atoms with Crippen LogP contribution in [-0.4, -0.2) is 83.3 Å². The molecule has 0 fully saturated rings. The lowest BCUT2D eigenvalue weighted by molar-refractivity contribution is -0.120. The maximum atomic E-state index is 13.8. The number of carbonyl (C=O) groups excluding carboxylic acids is 2. The summed E-state index contributed by atoms with van der Waals surface area (Å²) in [5.41, 5.74) is 2.54. The molecule has 4 aromatic rings. The van der Waals surface area contributed by atoms with Crippen molar-refractivity contribution in [3.05, 3.63) is 96.1 Å². The molecule has 0 aliphatic rings. The summed E-state index contributed by atoms with van der Waals surface area (Å²) in [6.45, 7) is 3.54. The maximum Gasteiger partial charge on any atom is 0.264 e. The Morgan fingerprint density at radius 1 is 0.500 bits per heavy atom. The monoisotopic (exact) mass is 810 g/mol. The molecule has 4 rings (SSSR count). The minimum Gasteiger partial charge on any atom is -0.493 e. The lowest BCUT2D eigenvalue weighted by atomic mass is 10.2. The summed E-state index contributed by atoms with van der Waals surface area (Å²) in [6, 6.07) is 22.2. The molecule has 0 spiro atoms. The van der Waals surface area contributed by atoms with Crippen molar-refractivity contribution in [3.8, 4) is 23.0 Å². The van der Waals surface area contributed by atoms with Gasteiger partial charge in [-0.05, 0) is 75.2 Å². The van der Waals surface area contributed by atoms with Crippen molar-refractivity contribution in [2.45, 2.75) is 49.3 Å². The fourth-order valence-corrected chi connectivity index (χ4v) is 8.57. The van der Waals surface area contributed by atoms with E-state index in [2.05, 4.69) is 10.6 Å². The summed E-state index contributed by atoms with van der Waals surface area (Å²) in [4.78, 5) is 26.0. The van der Waals surface area contributed by atoms with E-state index in [1.807, 2.05) is 13.8 Å². The number of carbonyl (C=O) groups is 2. The minimum absolute atomic E-state index is 0.0574. The molecule has 56 heavy (non-hydrogen) atoms. The van der Waals surface area contributed by atoms with Crippen molar-refractivity contribution < 1.29 is 45.4 Å². The number of nitrogens with one attached hydrogen (secondary N) is 2. The summed E-state index contributed by atoms with van der Waals surface area (Å²) in [5, 5.41) is 5.63. The SMILES string of the molecule is COc1ccc(S(=O)(=O)N(CC(=O)NCCCCCCNC(=O)CN(c2ccc(C)cc2)S(=O)(=O)c2ccc(OC)c(OC)c2)c2ccc(C)cc2)cc1OC. The molecule has 0 radical (unpaired) electrons. The summed E-state index contributed by atoms with van der Waals surface area (Å²) < 4.78 is 78.5. The molecule has 0 aromatic heterocycles. The maximum absolute atomic E-state index is 13.8. The van der Waals surface area contributed by atoms with E-state index in [0.29, 0.717) is 48.8 Å². The number of methoxy groups -OCH3 is 4. The Kier molecular flexibility index (Phi) is 15.4. The molecule has 0 aliphatic carbocycles. The molecule has 2 N–H and O–H groups in total. The van der Waals surface area contributed by atoms with Crippen LogP contribution in [0.5, 0.6) is 23.0 Å². The van der Waals surface area contributed by atoms with Crippen molar-refractivity contribution in [3.63, 3.8) is 0 Å². The number of rotatable bonds is 21. The first-order valence-electron chi connectivity index (χ1n) is 17.9. The number of nitrogens with zero attached hydrogens (tertiary/aromatic N) is 2. The highest BCUT2D eigenvalue weighted by molar-refractivity contribution is 7.93. The van der Waals surface area contributed by atoms with Crippen LogP contribution in [0.4, 0.5) is 11.4 Å². The van der Waals surface area contributed by atoms with Gasteiger partial charge in [0, 0.05) is 25.2 Å². The van der Waals surface area contributed by atoms with Crippen LogP contribution >= 0.6 is 0 Å². The van der Waals surface area contributed by atoms with Gasteiger partial charge in [0.25, 0.3) is 20.0 Å². The van der Waals surface area contributed by atoms with Gasteiger partial charge in [0.05, 0.1) is 49.6 Å². The molecule has 0 saturated heterocycles. The van der Waals surface area contributed by atoms with Crippen LogP contribution in [0.3, 0.4) is 0 Å². The normalized spacial score (nSPS) is 11.3. The second-order valence-electron chi connectivity index (χ2n) is 12.8. The molecule has 0 aliphatic heterocycles. The first-order chi connectivity index (χ1) is 26.7. The molecule has 0 unspecified atom stereocenters. The fraction of sp³-hybridized carbons (Fsp3) is 0.350. The van der Waals surface area contributed by atoms with Gasteiger partial charge in [-0.15, -0.1) is 0 Å². The van der Waals surface area contributed by atoms with E-state index in [4.69, 9.17) is 18.9 Å². The summed E-state index contributed by atoms with van der Waals surface area (Å²) >= 11 is 0. The van der Waals surface area contributed by atoms with Crippen LogP contribution in [0, 0.1) is 13.8 Å². The number of anilines is 2. The number of hydrogen-bond acceptors (Lipinski definition) is 10. The zero-order valence-corrected chi connectivity index (χ0v) is 34.2. The second kappa shape index (κ2) is 19.9. The third-order valence-corrected chi connectivity index (χ3v) is 12.4. The molecule has 2 amide bonds. The van der Waals surface area contributed by atoms with Crippen LogP contribution in [0.15, 0.2) is 94.7 Å². The summed E-state index contributed by atoms with van der Waals surface area (Å²) in [6.07, 6.45) is 2.70. The van der Waals surface area contributed by atoms with Gasteiger partial charge in [0.1, 0.15) is 13.1 Å². The predicted molar refractivity (Wildman–Crippen MR) is 215 cm³/mol. The highest BCUT2D eigenvalue weighted by Crippen LogP contribution is 2.34. The standard InChI is InChI=1S/C40H50N4O10S2/c1-29-11-15-31(16-12-29)43(55(47,48)33-19-21-35(51-3)37(25-33)53-5)27-39(45)41-23-9-7-8-10-24-42-40(46)28-44(32-17-13-30(2)14-18-32)56(49,50)34-20-22-36(52-4)38(26-34)54-6/h11-22,25-26H,7-10,23-24,27-28H2,1-6H3,(H,41,45)(H,42,46). The second-order valence-corrected chi connectivity index (χ2v) is 16.6. The third-order valence-electron chi connectivity index (χ3n) is 8.85. The van der Waals surface area contributed by atoms with E-state index in [9.17, 15) is 26.4 Å². The third kappa shape index (κ3) is 11.1. The summed E-state index contributed by atoms with van der Waals surface area (Å²) in [5.74, 6) is 0.285. The molecule has 14 nitrogen and oxygen atoms in total. The van der Waals surface area contributed by atoms with Crippen LogP contribution in [0.25, 0.3) is 0 Å². The van der Waals surface area contributed by atoms with Crippen LogP contribution < -0.4 is 38.2 Å². The Morgan fingerprint density at radius 2 is 0.839 bits per heavy atom. The number of hydrogen-bond donors (Lipinski definition) is 2. The van der Waals surface area contributed by atoms with Crippen molar-refractivity contribution >= 4 is 43.2 Å². The lowest BCUT2D eigenvalue weighted by Gasteiger charge is -2.25. The molecular formula is C40H50N4O10S2. The van der Waals surface area contributed by atoms with E-state index in [-0.39, 0.29) is 21.3 Å². The topological polar surface area (TPSA) is 170 Å². The van der Waals surface area contributed by atoms with Crippen LogP contribution in [0.2, 0.25) is 0 Å². The molecular weight excluding hydrogens is 761 g/mol. The molecule has 302 valence electrons. The predicted octanol–water partition coefficient (Wildman–Crippen LogP) is 5.22. The summed E-state index contributed by atoms with van der Waals surface area (Å²) in [7, 11) is -2.61. The lowest BCUT2D eigenvalue weighted by Crippen LogP contribution is -2.41. The molecule has 4 aromatic carbocycles. The number of amides is 2. The number of sulfonamides is 2. The largest absolute Gasteiger partial charge is 0.493 e. The Balaban J connectivity index is 1.28. The van der Waals surface area contributed by atoms with Gasteiger partial charge in [0.2, 0.25) is 11.8 Å². The molecule has 0 saturated carbocycles. The van der Waals surface area contributed by atoms with E-state index in [1.165, 1.54) is 64.8 Å². The van der Waals surface area contributed by atoms with Gasteiger partial charge in [-0.2, -0.15) is 0 Å².